The lowest BCUT2D eigenvalue weighted by Gasteiger charge is -2.04. The summed E-state index contributed by atoms with van der Waals surface area (Å²) in [7, 11) is 0. The maximum atomic E-state index is 12.3. The van der Waals surface area contributed by atoms with Crippen molar-refractivity contribution in [3.8, 4) is 0 Å². The number of amides is 1. The number of thiophene rings is 1. The molecule has 0 fully saturated rings. The number of halogens is 2. The van der Waals surface area contributed by atoms with Crippen LogP contribution in [-0.2, 0) is 12.8 Å². The van der Waals surface area contributed by atoms with Crippen molar-refractivity contribution >= 4 is 46.3 Å². The van der Waals surface area contributed by atoms with Crippen molar-refractivity contribution in [1.82, 2.24) is 9.97 Å². The second-order valence-electron chi connectivity index (χ2n) is 4.90. The topological polar surface area (TPSA) is 54.9 Å². The van der Waals surface area contributed by atoms with Crippen molar-refractivity contribution in [3.05, 3.63) is 37.9 Å². The van der Waals surface area contributed by atoms with Gasteiger partial charge in [0.25, 0.3) is 5.91 Å². The predicted octanol–water partition coefficient (Wildman–Crippen LogP) is 4.37. The van der Waals surface area contributed by atoms with E-state index >= 15 is 0 Å². The number of aryl methyl sites for hydroxylation is 2. The first kappa shape index (κ1) is 14.8. The summed E-state index contributed by atoms with van der Waals surface area (Å²) in [6.45, 7) is 0. The predicted molar refractivity (Wildman–Crippen MR) is 85.6 cm³/mol. The minimum absolute atomic E-state index is 0.129. The van der Waals surface area contributed by atoms with Crippen LogP contribution in [0.5, 0.6) is 0 Å². The van der Waals surface area contributed by atoms with Gasteiger partial charge in [-0.05, 0) is 37.3 Å². The Hall–Kier alpha value is -1.17. The number of rotatable bonds is 2. The summed E-state index contributed by atoms with van der Waals surface area (Å²) in [4.78, 5) is 22.0. The fourth-order valence-corrected chi connectivity index (χ4v) is 3.81. The molecule has 2 aromatic rings. The molecular formula is C14H13Cl2N3OS. The first-order valence-electron chi connectivity index (χ1n) is 6.74. The summed E-state index contributed by atoms with van der Waals surface area (Å²) in [6, 6.07) is 1.98. The van der Waals surface area contributed by atoms with Gasteiger partial charge in [0, 0.05) is 4.88 Å². The molecule has 0 bridgehead atoms. The van der Waals surface area contributed by atoms with Gasteiger partial charge in [-0.1, -0.05) is 29.6 Å². The SMILES string of the molecule is O=C(Nc1ncnc(Cl)c1Cl)c1cc2c(s1)CCCCC2. The minimum atomic E-state index is -0.204. The van der Waals surface area contributed by atoms with E-state index in [-0.39, 0.29) is 21.9 Å². The molecule has 0 aromatic carbocycles. The lowest BCUT2D eigenvalue weighted by molar-refractivity contribution is 0.103. The number of nitrogens with zero attached hydrogens (tertiary/aromatic N) is 2. The fourth-order valence-electron chi connectivity index (χ4n) is 2.38. The molecule has 1 aliphatic carbocycles. The Labute approximate surface area is 136 Å². The molecule has 0 spiro atoms. The van der Waals surface area contributed by atoms with Crippen LogP contribution in [-0.4, -0.2) is 15.9 Å². The molecule has 1 amide bonds. The average molecular weight is 342 g/mol. The van der Waals surface area contributed by atoms with E-state index in [0.717, 1.165) is 12.8 Å². The van der Waals surface area contributed by atoms with Gasteiger partial charge in [0.1, 0.15) is 11.3 Å². The third-order valence-corrected chi connectivity index (χ3v) is 5.43. The minimum Gasteiger partial charge on any atom is -0.304 e. The standard InChI is InChI=1S/C14H13Cl2N3OS/c15-11-12(16)17-7-18-13(11)19-14(20)10-6-8-4-2-1-3-5-9(8)21-10/h6-7H,1-5H2,(H,17,18,19,20). The Balaban J connectivity index is 1.81. The molecule has 0 saturated carbocycles. The van der Waals surface area contributed by atoms with Gasteiger partial charge in [-0.25, -0.2) is 9.97 Å². The molecule has 0 aliphatic heterocycles. The fraction of sp³-hybridized carbons (Fsp3) is 0.357. The molecule has 21 heavy (non-hydrogen) atoms. The van der Waals surface area contributed by atoms with Gasteiger partial charge in [0.05, 0.1) is 4.88 Å². The highest BCUT2D eigenvalue weighted by atomic mass is 35.5. The quantitative estimate of drug-likeness (QED) is 0.651. The highest BCUT2D eigenvalue weighted by Gasteiger charge is 2.18. The van der Waals surface area contributed by atoms with E-state index in [2.05, 4.69) is 15.3 Å². The van der Waals surface area contributed by atoms with E-state index in [1.807, 2.05) is 6.07 Å². The molecule has 2 heterocycles. The first-order valence-corrected chi connectivity index (χ1v) is 8.31. The molecule has 0 unspecified atom stereocenters. The lowest BCUT2D eigenvalue weighted by atomic mass is 10.1. The van der Waals surface area contributed by atoms with Crippen molar-refractivity contribution in [2.75, 3.05) is 5.32 Å². The molecule has 0 saturated heterocycles. The van der Waals surface area contributed by atoms with Crippen molar-refractivity contribution in [1.29, 1.82) is 0 Å². The van der Waals surface area contributed by atoms with E-state index < -0.39 is 0 Å². The van der Waals surface area contributed by atoms with Crippen molar-refractivity contribution in [2.45, 2.75) is 32.1 Å². The second kappa shape index (κ2) is 6.30. The number of aromatic nitrogens is 2. The molecule has 4 nitrogen and oxygen atoms in total. The van der Waals surface area contributed by atoms with Gasteiger partial charge >= 0.3 is 0 Å². The Morgan fingerprint density at radius 3 is 2.86 bits per heavy atom. The Bertz CT molecular complexity index is 663. The molecule has 110 valence electrons. The van der Waals surface area contributed by atoms with Crippen LogP contribution in [0.2, 0.25) is 10.2 Å². The van der Waals surface area contributed by atoms with E-state index in [4.69, 9.17) is 23.2 Å². The van der Waals surface area contributed by atoms with Gasteiger partial charge < -0.3 is 5.32 Å². The van der Waals surface area contributed by atoms with Crippen molar-refractivity contribution in [2.24, 2.45) is 0 Å². The van der Waals surface area contributed by atoms with Crippen molar-refractivity contribution < 1.29 is 4.79 Å². The molecule has 2 aromatic heterocycles. The summed E-state index contributed by atoms with van der Waals surface area (Å²) in [5.41, 5.74) is 1.30. The van der Waals surface area contributed by atoms with Gasteiger partial charge in [0.2, 0.25) is 0 Å². The van der Waals surface area contributed by atoms with Crippen LogP contribution in [0.4, 0.5) is 5.82 Å². The zero-order chi connectivity index (χ0) is 14.8. The molecule has 0 atom stereocenters. The molecule has 1 N–H and O–H groups in total. The van der Waals surface area contributed by atoms with E-state index in [1.54, 1.807) is 11.3 Å². The van der Waals surface area contributed by atoms with Crippen LogP contribution in [0.3, 0.4) is 0 Å². The van der Waals surface area contributed by atoms with Crippen LogP contribution in [0.25, 0.3) is 0 Å². The molecule has 0 radical (unpaired) electrons. The number of carbonyl (C=O) groups excluding carboxylic acids is 1. The largest absolute Gasteiger partial charge is 0.304 e. The summed E-state index contributed by atoms with van der Waals surface area (Å²) < 4.78 is 0. The monoisotopic (exact) mass is 341 g/mol. The van der Waals surface area contributed by atoms with Crippen LogP contribution >= 0.6 is 34.5 Å². The summed E-state index contributed by atoms with van der Waals surface area (Å²) in [5, 5.41) is 2.98. The summed E-state index contributed by atoms with van der Waals surface area (Å²) in [6.07, 6.45) is 7.04. The number of anilines is 1. The van der Waals surface area contributed by atoms with Crippen LogP contribution in [0, 0.1) is 0 Å². The van der Waals surface area contributed by atoms with E-state index in [9.17, 15) is 4.79 Å². The number of fused-ring (bicyclic) bond motifs is 1. The summed E-state index contributed by atoms with van der Waals surface area (Å²) >= 11 is 13.3. The van der Waals surface area contributed by atoms with E-state index in [0.29, 0.717) is 4.88 Å². The first-order chi connectivity index (χ1) is 10.1. The van der Waals surface area contributed by atoms with Gasteiger partial charge in [0.15, 0.2) is 11.0 Å². The Morgan fingerprint density at radius 2 is 2.00 bits per heavy atom. The molecular weight excluding hydrogens is 329 g/mol. The van der Waals surface area contributed by atoms with Gasteiger partial charge in [-0.2, -0.15) is 0 Å². The maximum absolute atomic E-state index is 12.3. The third kappa shape index (κ3) is 3.20. The van der Waals surface area contributed by atoms with Crippen LogP contribution in [0.15, 0.2) is 12.4 Å². The smallest absolute Gasteiger partial charge is 0.266 e. The van der Waals surface area contributed by atoms with E-state index in [1.165, 1.54) is 36.0 Å². The lowest BCUT2D eigenvalue weighted by Crippen LogP contribution is -2.12. The second-order valence-corrected chi connectivity index (χ2v) is 6.77. The van der Waals surface area contributed by atoms with Crippen LogP contribution < -0.4 is 5.32 Å². The summed E-state index contributed by atoms with van der Waals surface area (Å²) in [5.74, 6) is 0.0370. The highest BCUT2D eigenvalue weighted by Crippen LogP contribution is 2.30. The number of hydrogen-bond acceptors (Lipinski definition) is 4. The van der Waals surface area contributed by atoms with Crippen molar-refractivity contribution in [3.63, 3.8) is 0 Å². The average Bonchev–Trinajstić information content (AvgIpc) is 2.75. The van der Waals surface area contributed by atoms with Gasteiger partial charge in [-0.15, -0.1) is 11.3 Å². The maximum Gasteiger partial charge on any atom is 0.266 e. The normalized spacial score (nSPS) is 14.4. The highest BCUT2D eigenvalue weighted by molar-refractivity contribution is 7.14. The van der Waals surface area contributed by atoms with Gasteiger partial charge in [-0.3, -0.25) is 4.79 Å². The molecule has 1 aliphatic rings. The zero-order valence-electron chi connectivity index (χ0n) is 11.2. The number of hydrogen-bond donors (Lipinski definition) is 1. The Kier molecular flexibility index (Phi) is 4.42. The Morgan fingerprint density at radius 1 is 1.19 bits per heavy atom. The number of carbonyl (C=O) groups is 1. The molecule has 3 rings (SSSR count). The third-order valence-electron chi connectivity index (χ3n) is 3.45. The van der Waals surface area contributed by atoms with Crippen LogP contribution in [0.1, 0.15) is 39.4 Å². The number of nitrogens with one attached hydrogen (secondary N) is 1. The molecule has 7 heteroatoms. The zero-order valence-corrected chi connectivity index (χ0v) is 13.5.